The number of halogens is 2. The van der Waals surface area contributed by atoms with Crippen LogP contribution < -0.4 is 5.32 Å². The molecule has 0 saturated heterocycles. The number of nitrogens with one attached hydrogen (secondary N) is 1. The molecule has 2 rings (SSSR count). The van der Waals surface area contributed by atoms with Gasteiger partial charge in [0.05, 0.1) is 12.1 Å². The number of rotatable bonds is 0. The van der Waals surface area contributed by atoms with Gasteiger partial charge in [0.15, 0.2) is 5.78 Å². The van der Waals surface area contributed by atoms with Gasteiger partial charge in [-0.05, 0) is 12.1 Å². The Balaban J connectivity index is 0.000000720. The van der Waals surface area contributed by atoms with Gasteiger partial charge in [-0.2, -0.15) is 0 Å². The average Bonchev–Trinajstić information content (AvgIpc) is 2.34. The summed E-state index contributed by atoms with van der Waals surface area (Å²) < 4.78 is 12.9. The van der Waals surface area contributed by atoms with Crippen LogP contribution in [-0.2, 0) is 0 Å². The first-order valence-electron chi connectivity index (χ1n) is 3.34. The summed E-state index contributed by atoms with van der Waals surface area (Å²) in [5, 5.41) is 2.80. The predicted octanol–water partition coefficient (Wildman–Crippen LogP) is 1.86. The lowest BCUT2D eigenvalue weighted by Crippen LogP contribution is -2.01. The molecule has 1 N–H and O–H groups in total. The monoisotopic (exact) mass is 187 g/mol. The molecule has 1 aliphatic heterocycles. The van der Waals surface area contributed by atoms with E-state index in [1.54, 1.807) is 12.1 Å². The second-order valence-electron chi connectivity index (χ2n) is 2.44. The summed E-state index contributed by atoms with van der Waals surface area (Å²) in [5.74, 6) is -0.601. The molecular weight excluding hydrogens is 181 g/mol. The standard InChI is InChI=1S/C8H6FNO.ClH/c9-5-2-1-3-6-8(5)7(11)4-10-6;/h1-3,10H,4H2;1H. The van der Waals surface area contributed by atoms with E-state index in [1.165, 1.54) is 6.07 Å². The summed E-state index contributed by atoms with van der Waals surface area (Å²) in [7, 11) is 0. The van der Waals surface area contributed by atoms with Crippen molar-refractivity contribution < 1.29 is 9.18 Å². The van der Waals surface area contributed by atoms with Crippen LogP contribution in [0, 0.1) is 5.82 Å². The lowest BCUT2D eigenvalue weighted by atomic mass is 10.1. The molecule has 1 aromatic carbocycles. The third-order valence-corrected chi connectivity index (χ3v) is 1.73. The molecule has 1 heterocycles. The van der Waals surface area contributed by atoms with Gasteiger partial charge in [-0.3, -0.25) is 4.79 Å². The zero-order valence-corrected chi connectivity index (χ0v) is 6.95. The van der Waals surface area contributed by atoms with Crippen molar-refractivity contribution >= 4 is 23.9 Å². The molecule has 0 radical (unpaired) electrons. The second-order valence-corrected chi connectivity index (χ2v) is 2.44. The fraction of sp³-hybridized carbons (Fsp3) is 0.125. The van der Waals surface area contributed by atoms with Crippen molar-refractivity contribution in [1.29, 1.82) is 0 Å². The number of fused-ring (bicyclic) bond motifs is 1. The van der Waals surface area contributed by atoms with Crippen molar-refractivity contribution in [2.45, 2.75) is 0 Å². The minimum Gasteiger partial charge on any atom is -0.377 e. The number of benzene rings is 1. The Morgan fingerprint density at radius 2 is 2.17 bits per heavy atom. The number of anilines is 1. The van der Waals surface area contributed by atoms with Crippen LogP contribution in [0.1, 0.15) is 10.4 Å². The van der Waals surface area contributed by atoms with E-state index >= 15 is 0 Å². The first-order chi connectivity index (χ1) is 5.29. The molecule has 0 unspecified atom stereocenters. The maximum absolute atomic E-state index is 12.9. The third-order valence-electron chi connectivity index (χ3n) is 1.73. The Bertz CT molecular complexity index is 327. The van der Waals surface area contributed by atoms with Crippen molar-refractivity contribution in [1.82, 2.24) is 0 Å². The highest BCUT2D eigenvalue weighted by Gasteiger charge is 2.21. The summed E-state index contributed by atoms with van der Waals surface area (Å²) >= 11 is 0. The Kier molecular flexibility index (Phi) is 2.33. The van der Waals surface area contributed by atoms with Crippen molar-refractivity contribution in [3.63, 3.8) is 0 Å². The van der Waals surface area contributed by atoms with E-state index < -0.39 is 5.82 Å². The highest BCUT2D eigenvalue weighted by molar-refractivity contribution is 6.08. The van der Waals surface area contributed by atoms with Crippen molar-refractivity contribution in [2.24, 2.45) is 0 Å². The molecule has 64 valence electrons. The smallest absolute Gasteiger partial charge is 0.186 e. The van der Waals surface area contributed by atoms with E-state index in [0.29, 0.717) is 5.69 Å². The van der Waals surface area contributed by atoms with Crippen LogP contribution in [0.2, 0.25) is 0 Å². The largest absolute Gasteiger partial charge is 0.377 e. The van der Waals surface area contributed by atoms with Crippen LogP contribution in [-0.4, -0.2) is 12.3 Å². The Morgan fingerprint density at radius 3 is 2.83 bits per heavy atom. The summed E-state index contributed by atoms with van der Waals surface area (Å²) in [4.78, 5) is 11.0. The van der Waals surface area contributed by atoms with Gasteiger partial charge in [0.2, 0.25) is 0 Å². The molecular formula is C8H7ClFNO. The van der Waals surface area contributed by atoms with Crippen LogP contribution >= 0.6 is 12.4 Å². The van der Waals surface area contributed by atoms with Gasteiger partial charge in [-0.1, -0.05) is 6.07 Å². The Morgan fingerprint density at radius 1 is 1.42 bits per heavy atom. The van der Waals surface area contributed by atoms with E-state index in [0.717, 1.165) is 0 Å². The normalized spacial score (nSPS) is 13.2. The zero-order valence-electron chi connectivity index (χ0n) is 6.13. The van der Waals surface area contributed by atoms with Crippen molar-refractivity contribution in [3.05, 3.63) is 29.6 Å². The van der Waals surface area contributed by atoms with Gasteiger partial charge >= 0.3 is 0 Å². The summed E-state index contributed by atoms with van der Waals surface area (Å²) in [6, 6.07) is 4.58. The first kappa shape index (κ1) is 9.00. The van der Waals surface area contributed by atoms with E-state index in [4.69, 9.17) is 0 Å². The maximum atomic E-state index is 12.9. The molecule has 0 atom stereocenters. The molecule has 0 fully saturated rings. The number of ketones is 1. The highest BCUT2D eigenvalue weighted by Crippen LogP contribution is 2.23. The number of carbonyl (C=O) groups excluding carboxylic acids is 1. The lowest BCUT2D eigenvalue weighted by Gasteiger charge is -1.96. The highest BCUT2D eigenvalue weighted by atomic mass is 35.5. The summed E-state index contributed by atoms with van der Waals surface area (Å²) in [6.07, 6.45) is 0. The number of carbonyl (C=O) groups is 1. The van der Waals surface area contributed by atoms with Gasteiger partial charge in [0.25, 0.3) is 0 Å². The van der Waals surface area contributed by atoms with Crippen LogP contribution in [0.3, 0.4) is 0 Å². The first-order valence-corrected chi connectivity index (χ1v) is 3.34. The third kappa shape index (κ3) is 1.16. The molecule has 0 aromatic heterocycles. The fourth-order valence-electron chi connectivity index (χ4n) is 1.22. The fourth-order valence-corrected chi connectivity index (χ4v) is 1.22. The predicted molar refractivity (Wildman–Crippen MR) is 46.5 cm³/mol. The quantitative estimate of drug-likeness (QED) is 0.672. The molecule has 4 heteroatoms. The van der Waals surface area contributed by atoms with E-state index in [1.807, 2.05) is 0 Å². The lowest BCUT2D eigenvalue weighted by molar-refractivity contribution is 0.101. The molecule has 0 spiro atoms. The van der Waals surface area contributed by atoms with Crippen LogP contribution in [0.5, 0.6) is 0 Å². The molecule has 0 bridgehead atoms. The van der Waals surface area contributed by atoms with Crippen LogP contribution in [0.25, 0.3) is 0 Å². The molecule has 2 nitrogen and oxygen atoms in total. The molecule has 0 amide bonds. The number of hydrogen-bond acceptors (Lipinski definition) is 2. The summed E-state index contributed by atoms with van der Waals surface area (Å²) in [5.41, 5.74) is 0.808. The molecule has 12 heavy (non-hydrogen) atoms. The minimum absolute atomic E-state index is 0. The topological polar surface area (TPSA) is 29.1 Å². The SMILES string of the molecule is Cl.O=C1CNc2cccc(F)c21. The van der Waals surface area contributed by atoms with Crippen molar-refractivity contribution in [3.8, 4) is 0 Å². The minimum atomic E-state index is -0.433. The number of Topliss-reactive ketones (excluding diaryl/α,β-unsaturated/α-hetero) is 1. The Labute approximate surface area is 75.2 Å². The molecule has 0 aliphatic carbocycles. The van der Waals surface area contributed by atoms with Gasteiger partial charge in [0, 0.05) is 5.69 Å². The van der Waals surface area contributed by atoms with E-state index in [-0.39, 0.29) is 30.3 Å². The average molecular weight is 188 g/mol. The van der Waals surface area contributed by atoms with Gasteiger partial charge < -0.3 is 5.32 Å². The summed E-state index contributed by atoms with van der Waals surface area (Å²) in [6.45, 7) is 0.219. The second kappa shape index (κ2) is 3.11. The van der Waals surface area contributed by atoms with Crippen molar-refractivity contribution in [2.75, 3.05) is 11.9 Å². The van der Waals surface area contributed by atoms with Gasteiger partial charge in [-0.25, -0.2) is 4.39 Å². The van der Waals surface area contributed by atoms with Gasteiger partial charge in [-0.15, -0.1) is 12.4 Å². The zero-order chi connectivity index (χ0) is 7.84. The van der Waals surface area contributed by atoms with E-state index in [2.05, 4.69) is 5.32 Å². The molecule has 1 aliphatic rings. The van der Waals surface area contributed by atoms with Gasteiger partial charge in [0.1, 0.15) is 5.82 Å². The Hall–Kier alpha value is -1.09. The van der Waals surface area contributed by atoms with Crippen LogP contribution in [0.4, 0.5) is 10.1 Å². The van der Waals surface area contributed by atoms with E-state index in [9.17, 15) is 9.18 Å². The molecule has 1 aromatic rings. The number of hydrogen-bond donors (Lipinski definition) is 1. The van der Waals surface area contributed by atoms with Crippen LogP contribution in [0.15, 0.2) is 18.2 Å². The molecule has 0 saturated carbocycles. The maximum Gasteiger partial charge on any atom is 0.186 e.